The highest BCUT2D eigenvalue weighted by molar-refractivity contribution is 7.14. The van der Waals surface area contributed by atoms with Crippen molar-refractivity contribution >= 4 is 34.5 Å². The summed E-state index contributed by atoms with van der Waals surface area (Å²) in [5.41, 5.74) is 5.52. The van der Waals surface area contributed by atoms with E-state index in [1.54, 1.807) is 5.19 Å². The topological polar surface area (TPSA) is 4.93 Å². The van der Waals surface area contributed by atoms with Crippen LogP contribution in [0.3, 0.4) is 0 Å². The van der Waals surface area contributed by atoms with Crippen LogP contribution < -0.4 is 15.6 Å². The Morgan fingerprint density at radius 3 is 2.10 bits per heavy atom. The molecule has 2 heterocycles. The van der Waals surface area contributed by atoms with Gasteiger partial charge in [-0.2, -0.15) is 0 Å². The fraction of sp³-hybridized carbons (Fsp3) is 0.0714. The quantitative estimate of drug-likeness (QED) is 0.384. The molecule has 0 N–H and O–H groups in total. The number of hydrogen-bond donors (Lipinski definition) is 0. The molecule has 1 nitrogen and oxygen atoms in total. The molecule has 4 aromatic carbocycles. The minimum Gasteiger partial charge on any atom is -0.336 e. The van der Waals surface area contributed by atoms with E-state index in [-0.39, 0.29) is 0 Å². The van der Waals surface area contributed by atoms with Gasteiger partial charge in [0.15, 0.2) is 0 Å². The molecule has 0 aliphatic carbocycles. The number of rotatable bonds is 3. The monoisotopic (exact) mass is 401 g/mol. The molecular weight excluding hydrogens is 378 g/mol. The van der Waals surface area contributed by atoms with Crippen molar-refractivity contribution < 1.29 is 0 Å². The largest absolute Gasteiger partial charge is 0.336 e. The number of fused-ring (bicyclic) bond motifs is 5. The minimum atomic E-state index is -2.09. The Labute approximate surface area is 178 Å². The van der Waals surface area contributed by atoms with Gasteiger partial charge in [-0.1, -0.05) is 110 Å². The zero-order chi connectivity index (χ0) is 20.1. The molecule has 0 fully saturated rings. The predicted molar refractivity (Wildman–Crippen MR) is 130 cm³/mol. The second-order valence-corrected chi connectivity index (χ2v) is 12.2. The highest BCUT2D eigenvalue weighted by Crippen LogP contribution is 2.35. The van der Waals surface area contributed by atoms with Gasteiger partial charge < -0.3 is 4.57 Å². The lowest BCUT2D eigenvalue weighted by Crippen LogP contribution is -2.62. The Kier molecular flexibility index (Phi) is 3.84. The van der Waals surface area contributed by atoms with Crippen molar-refractivity contribution in [3.8, 4) is 11.3 Å². The highest BCUT2D eigenvalue weighted by atomic mass is 28.3. The van der Waals surface area contributed by atoms with Crippen LogP contribution in [-0.4, -0.2) is 12.6 Å². The van der Waals surface area contributed by atoms with E-state index in [1.165, 1.54) is 38.1 Å². The van der Waals surface area contributed by atoms with Gasteiger partial charge >= 0.3 is 0 Å². The summed E-state index contributed by atoms with van der Waals surface area (Å²) in [4.78, 5) is 0. The van der Waals surface area contributed by atoms with E-state index >= 15 is 0 Å². The van der Waals surface area contributed by atoms with Crippen molar-refractivity contribution in [3.05, 3.63) is 115 Å². The first-order chi connectivity index (χ1) is 14.8. The first kappa shape index (κ1) is 17.5. The molecule has 0 amide bonds. The summed E-state index contributed by atoms with van der Waals surface area (Å²) in [6, 6.07) is 40.1. The summed E-state index contributed by atoms with van der Waals surface area (Å²) in [7, 11) is -2.09. The lowest BCUT2D eigenvalue weighted by Gasteiger charge is -2.25. The van der Waals surface area contributed by atoms with Crippen molar-refractivity contribution in [3.63, 3.8) is 0 Å². The van der Waals surface area contributed by atoms with E-state index in [0.29, 0.717) is 0 Å². The van der Waals surface area contributed by atoms with E-state index in [4.69, 9.17) is 0 Å². The van der Waals surface area contributed by atoms with Crippen LogP contribution in [-0.2, 0) is 6.54 Å². The lowest BCUT2D eigenvalue weighted by molar-refractivity contribution is 0.847. The molecule has 144 valence electrons. The maximum absolute atomic E-state index is 2.56. The fourth-order valence-corrected chi connectivity index (χ4v) is 9.74. The van der Waals surface area contributed by atoms with Crippen molar-refractivity contribution in [1.82, 2.24) is 4.57 Å². The zero-order valence-corrected chi connectivity index (χ0v) is 18.0. The average Bonchev–Trinajstić information content (AvgIpc) is 3.28. The summed E-state index contributed by atoms with van der Waals surface area (Å²) >= 11 is 0. The van der Waals surface area contributed by atoms with E-state index in [1.807, 2.05) is 0 Å². The Bertz CT molecular complexity index is 1370. The Hall–Kier alpha value is -3.36. The van der Waals surface area contributed by atoms with Crippen molar-refractivity contribution in [2.45, 2.75) is 13.1 Å². The average molecular weight is 402 g/mol. The first-order valence-corrected chi connectivity index (χ1v) is 13.1. The minimum absolute atomic E-state index is 0.893. The van der Waals surface area contributed by atoms with Crippen molar-refractivity contribution in [1.29, 1.82) is 0 Å². The van der Waals surface area contributed by atoms with Crippen LogP contribution >= 0.6 is 0 Å². The number of hydrogen-bond acceptors (Lipinski definition) is 0. The van der Waals surface area contributed by atoms with E-state index in [9.17, 15) is 0 Å². The smallest absolute Gasteiger partial charge is 0.149 e. The molecule has 0 bridgehead atoms. The zero-order valence-electron chi connectivity index (χ0n) is 17.0. The summed E-state index contributed by atoms with van der Waals surface area (Å²) in [5, 5.41) is 6.01. The Morgan fingerprint density at radius 1 is 0.667 bits per heavy atom. The number of para-hydroxylation sites is 1. The predicted octanol–water partition coefficient (Wildman–Crippen LogP) is 4.77. The summed E-state index contributed by atoms with van der Waals surface area (Å²) in [5.74, 6) is 0. The molecule has 1 aliphatic rings. The number of nitrogens with zero attached hydrogens (tertiary/aromatic N) is 1. The van der Waals surface area contributed by atoms with Gasteiger partial charge in [0.25, 0.3) is 0 Å². The number of benzene rings is 4. The van der Waals surface area contributed by atoms with Gasteiger partial charge in [0.2, 0.25) is 0 Å². The van der Waals surface area contributed by atoms with Crippen LogP contribution in [0, 0.1) is 0 Å². The van der Waals surface area contributed by atoms with Gasteiger partial charge in [-0.3, -0.25) is 0 Å². The Balaban J connectivity index is 1.72. The molecule has 2 heteroatoms. The van der Waals surface area contributed by atoms with Gasteiger partial charge in [0, 0.05) is 23.1 Å². The standard InChI is InChI=1S/C28H23NSi/c1-30(22-14-6-3-7-15-22)26-19-11-9-17-24(26)27-28(30)23-16-8-10-18-25(23)29(27)20-21-12-4-2-5-13-21/h2-19H,20H2,1H3. The number of aromatic nitrogens is 1. The van der Waals surface area contributed by atoms with Gasteiger partial charge in [-0.25, -0.2) is 0 Å². The van der Waals surface area contributed by atoms with E-state index in [2.05, 4.69) is 120 Å². The molecule has 30 heavy (non-hydrogen) atoms. The molecule has 0 spiro atoms. The van der Waals surface area contributed by atoms with Crippen molar-refractivity contribution in [2.75, 3.05) is 0 Å². The van der Waals surface area contributed by atoms with Crippen molar-refractivity contribution in [2.24, 2.45) is 0 Å². The molecule has 5 aromatic rings. The van der Waals surface area contributed by atoms with Gasteiger partial charge in [0.05, 0.1) is 0 Å². The van der Waals surface area contributed by atoms with Crippen LogP contribution in [0.25, 0.3) is 22.2 Å². The third kappa shape index (κ3) is 2.34. The van der Waals surface area contributed by atoms with Crippen LogP contribution in [0.5, 0.6) is 0 Å². The van der Waals surface area contributed by atoms with Crippen LogP contribution in [0.4, 0.5) is 0 Å². The maximum atomic E-state index is 2.56. The second-order valence-electron chi connectivity index (χ2n) is 8.35. The molecule has 6 rings (SSSR count). The van der Waals surface area contributed by atoms with Gasteiger partial charge in [-0.15, -0.1) is 0 Å². The molecule has 0 radical (unpaired) electrons. The van der Waals surface area contributed by atoms with Crippen LogP contribution in [0.2, 0.25) is 6.55 Å². The summed E-state index contributed by atoms with van der Waals surface area (Å²) in [6.45, 7) is 3.43. The van der Waals surface area contributed by atoms with Crippen LogP contribution in [0.1, 0.15) is 5.56 Å². The van der Waals surface area contributed by atoms with Gasteiger partial charge in [0.1, 0.15) is 8.07 Å². The molecule has 1 unspecified atom stereocenters. The van der Waals surface area contributed by atoms with E-state index in [0.717, 1.165) is 6.54 Å². The maximum Gasteiger partial charge on any atom is 0.149 e. The fourth-order valence-electron chi connectivity index (χ4n) is 5.35. The molecule has 0 saturated carbocycles. The summed E-state index contributed by atoms with van der Waals surface area (Å²) < 4.78 is 2.56. The first-order valence-electron chi connectivity index (χ1n) is 10.6. The Morgan fingerprint density at radius 2 is 1.30 bits per heavy atom. The van der Waals surface area contributed by atoms with E-state index < -0.39 is 8.07 Å². The third-order valence-corrected chi connectivity index (χ3v) is 11.2. The van der Waals surface area contributed by atoms with Crippen LogP contribution in [0.15, 0.2) is 109 Å². The molecule has 1 atom stereocenters. The molecule has 0 saturated heterocycles. The normalized spacial score (nSPS) is 17.1. The third-order valence-electron chi connectivity index (χ3n) is 6.73. The second kappa shape index (κ2) is 6.58. The highest BCUT2D eigenvalue weighted by Gasteiger charge is 2.46. The molecular formula is C28H23NSi. The summed E-state index contributed by atoms with van der Waals surface area (Å²) in [6.07, 6.45) is 0. The SMILES string of the molecule is C[Si]1(c2ccccc2)c2ccccc2-c2c1c1ccccc1n2Cc1ccccc1. The lowest BCUT2D eigenvalue weighted by atomic mass is 10.1. The molecule has 1 aliphatic heterocycles. The molecule has 1 aromatic heterocycles. The van der Waals surface area contributed by atoms with Gasteiger partial charge in [-0.05, 0) is 32.8 Å².